The maximum absolute atomic E-state index is 10.7. The van der Waals surface area contributed by atoms with Crippen molar-refractivity contribution in [2.75, 3.05) is 7.11 Å². The minimum absolute atomic E-state index is 0.396. The van der Waals surface area contributed by atoms with Gasteiger partial charge in [0.15, 0.2) is 0 Å². The van der Waals surface area contributed by atoms with Gasteiger partial charge in [-0.15, -0.1) is 0 Å². The molecule has 0 amide bonds. The lowest BCUT2D eigenvalue weighted by Gasteiger charge is -2.25. The molecule has 1 unspecified atom stereocenters. The minimum atomic E-state index is -1.09. The van der Waals surface area contributed by atoms with Crippen molar-refractivity contribution < 1.29 is 9.84 Å². The Morgan fingerprint density at radius 3 is 2.35 bits per heavy atom. The van der Waals surface area contributed by atoms with Crippen molar-refractivity contribution >= 4 is 23.2 Å². The molecule has 2 aromatic carbocycles. The summed E-state index contributed by atoms with van der Waals surface area (Å²) in [5.74, 6) is 0.786. The predicted molar refractivity (Wildman–Crippen MR) is 82.7 cm³/mol. The molecule has 20 heavy (non-hydrogen) atoms. The Labute approximate surface area is 128 Å². The molecular formula is C16H16Cl2O2. The van der Waals surface area contributed by atoms with Gasteiger partial charge in [-0.05, 0) is 30.7 Å². The summed E-state index contributed by atoms with van der Waals surface area (Å²) in [5, 5.41) is 11.5. The van der Waals surface area contributed by atoms with Crippen LogP contribution in [0.3, 0.4) is 0 Å². The Morgan fingerprint density at radius 1 is 1.10 bits per heavy atom. The average Bonchev–Trinajstić information content (AvgIpc) is 2.42. The Kier molecular flexibility index (Phi) is 4.59. The molecule has 0 spiro atoms. The Bertz CT molecular complexity index is 592. The minimum Gasteiger partial charge on any atom is -0.497 e. The standard InChI is InChI=1S/C16H16Cl2O2/c1-16(19,13-4-3-5-14(17)15(13)18)10-11-6-8-12(20-2)9-7-11/h3-9,19H,10H2,1-2H3. The summed E-state index contributed by atoms with van der Waals surface area (Å²) in [6, 6.07) is 12.9. The molecule has 0 saturated carbocycles. The van der Waals surface area contributed by atoms with Crippen LogP contribution in [0.25, 0.3) is 0 Å². The molecule has 0 fully saturated rings. The fourth-order valence-corrected chi connectivity index (χ4v) is 2.66. The van der Waals surface area contributed by atoms with E-state index in [4.69, 9.17) is 27.9 Å². The van der Waals surface area contributed by atoms with E-state index >= 15 is 0 Å². The third-order valence-electron chi connectivity index (χ3n) is 3.24. The van der Waals surface area contributed by atoms with E-state index in [9.17, 15) is 5.11 Å². The monoisotopic (exact) mass is 310 g/mol. The Balaban J connectivity index is 2.27. The first-order valence-corrected chi connectivity index (χ1v) is 6.99. The van der Waals surface area contributed by atoms with Crippen LogP contribution in [-0.4, -0.2) is 12.2 Å². The molecule has 106 valence electrons. The number of hydrogen-bond donors (Lipinski definition) is 1. The number of aliphatic hydroxyl groups is 1. The molecule has 0 heterocycles. The lowest BCUT2D eigenvalue weighted by atomic mass is 9.89. The molecule has 2 aromatic rings. The van der Waals surface area contributed by atoms with Crippen molar-refractivity contribution in [2.24, 2.45) is 0 Å². The molecule has 0 aliphatic carbocycles. The highest BCUT2D eigenvalue weighted by Crippen LogP contribution is 2.35. The lowest BCUT2D eigenvalue weighted by molar-refractivity contribution is 0.0577. The second kappa shape index (κ2) is 6.04. The van der Waals surface area contributed by atoms with E-state index in [1.54, 1.807) is 32.2 Å². The van der Waals surface area contributed by atoms with Crippen LogP contribution in [0.2, 0.25) is 10.0 Å². The number of halogens is 2. The zero-order valence-electron chi connectivity index (χ0n) is 11.4. The van der Waals surface area contributed by atoms with Gasteiger partial charge in [0.25, 0.3) is 0 Å². The second-order valence-electron chi connectivity index (χ2n) is 4.90. The van der Waals surface area contributed by atoms with Gasteiger partial charge >= 0.3 is 0 Å². The SMILES string of the molecule is COc1ccc(CC(C)(O)c2cccc(Cl)c2Cl)cc1. The molecule has 2 rings (SSSR count). The van der Waals surface area contributed by atoms with Gasteiger partial charge in [0.2, 0.25) is 0 Å². The molecule has 0 bridgehead atoms. The van der Waals surface area contributed by atoms with Gasteiger partial charge in [-0.3, -0.25) is 0 Å². The third kappa shape index (κ3) is 3.26. The van der Waals surface area contributed by atoms with Crippen molar-refractivity contribution in [3.8, 4) is 5.75 Å². The zero-order valence-corrected chi connectivity index (χ0v) is 12.9. The quantitative estimate of drug-likeness (QED) is 0.904. The molecule has 0 radical (unpaired) electrons. The van der Waals surface area contributed by atoms with Crippen LogP contribution in [0.5, 0.6) is 5.75 Å². The summed E-state index contributed by atoms with van der Waals surface area (Å²) in [5.41, 5.74) is 0.533. The van der Waals surface area contributed by atoms with Crippen LogP contribution >= 0.6 is 23.2 Å². The molecule has 2 nitrogen and oxygen atoms in total. The van der Waals surface area contributed by atoms with E-state index in [0.717, 1.165) is 11.3 Å². The van der Waals surface area contributed by atoms with Crippen LogP contribution in [0.4, 0.5) is 0 Å². The van der Waals surface area contributed by atoms with Crippen LogP contribution in [0.1, 0.15) is 18.1 Å². The number of hydrogen-bond acceptors (Lipinski definition) is 2. The number of rotatable bonds is 4. The summed E-state index contributed by atoms with van der Waals surface area (Å²) in [6.45, 7) is 1.73. The number of ether oxygens (including phenoxy) is 1. The van der Waals surface area contributed by atoms with E-state index < -0.39 is 5.60 Å². The summed E-state index contributed by atoms with van der Waals surface area (Å²) in [7, 11) is 1.62. The largest absolute Gasteiger partial charge is 0.497 e. The molecule has 4 heteroatoms. The Morgan fingerprint density at radius 2 is 1.75 bits per heavy atom. The van der Waals surface area contributed by atoms with Crippen molar-refractivity contribution in [1.82, 2.24) is 0 Å². The van der Waals surface area contributed by atoms with Gasteiger partial charge in [-0.25, -0.2) is 0 Å². The molecule has 0 aromatic heterocycles. The normalized spacial score (nSPS) is 13.8. The summed E-state index contributed by atoms with van der Waals surface area (Å²) >= 11 is 12.2. The highest BCUT2D eigenvalue weighted by atomic mass is 35.5. The molecule has 0 saturated heterocycles. The van der Waals surface area contributed by atoms with Crippen molar-refractivity contribution in [1.29, 1.82) is 0 Å². The molecule has 0 aliphatic rings. The first-order valence-electron chi connectivity index (χ1n) is 6.24. The average molecular weight is 311 g/mol. The van der Waals surface area contributed by atoms with E-state index in [-0.39, 0.29) is 0 Å². The van der Waals surface area contributed by atoms with Crippen LogP contribution in [-0.2, 0) is 12.0 Å². The second-order valence-corrected chi connectivity index (χ2v) is 5.69. The number of benzene rings is 2. The summed E-state index contributed by atoms with van der Waals surface area (Å²) in [4.78, 5) is 0. The molecule has 1 N–H and O–H groups in total. The third-order valence-corrected chi connectivity index (χ3v) is 4.06. The molecular weight excluding hydrogens is 295 g/mol. The summed E-state index contributed by atoms with van der Waals surface area (Å²) in [6.07, 6.45) is 0.442. The highest BCUT2D eigenvalue weighted by molar-refractivity contribution is 6.42. The smallest absolute Gasteiger partial charge is 0.118 e. The van der Waals surface area contributed by atoms with E-state index in [1.165, 1.54) is 0 Å². The first kappa shape index (κ1) is 15.2. The highest BCUT2D eigenvalue weighted by Gasteiger charge is 2.27. The topological polar surface area (TPSA) is 29.5 Å². The van der Waals surface area contributed by atoms with E-state index in [0.29, 0.717) is 22.0 Å². The lowest BCUT2D eigenvalue weighted by Crippen LogP contribution is -2.24. The van der Waals surface area contributed by atoms with Crippen molar-refractivity contribution in [2.45, 2.75) is 18.9 Å². The van der Waals surface area contributed by atoms with Crippen molar-refractivity contribution in [3.05, 3.63) is 63.6 Å². The molecule has 0 aliphatic heterocycles. The van der Waals surface area contributed by atoms with Gasteiger partial charge in [-0.2, -0.15) is 0 Å². The summed E-state index contributed by atoms with van der Waals surface area (Å²) < 4.78 is 5.12. The fraction of sp³-hybridized carbons (Fsp3) is 0.250. The van der Waals surface area contributed by atoms with Gasteiger partial charge in [-0.1, -0.05) is 47.5 Å². The van der Waals surface area contributed by atoms with Gasteiger partial charge in [0, 0.05) is 12.0 Å². The maximum atomic E-state index is 10.7. The van der Waals surface area contributed by atoms with Gasteiger partial charge in [0.05, 0.1) is 22.8 Å². The maximum Gasteiger partial charge on any atom is 0.118 e. The van der Waals surface area contributed by atoms with E-state index in [2.05, 4.69) is 0 Å². The van der Waals surface area contributed by atoms with Crippen LogP contribution < -0.4 is 4.74 Å². The van der Waals surface area contributed by atoms with Crippen LogP contribution in [0, 0.1) is 0 Å². The predicted octanol–water partition coefficient (Wildman–Crippen LogP) is 4.45. The van der Waals surface area contributed by atoms with Crippen molar-refractivity contribution in [3.63, 3.8) is 0 Å². The zero-order chi connectivity index (χ0) is 14.8. The van der Waals surface area contributed by atoms with Crippen LogP contribution in [0.15, 0.2) is 42.5 Å². The fourth-order valence-electron chi connectivity index (χ4n) is 2.16. The van der Waals surface area contributed by atoms with Gasteiger partial charge < -0.3 is 9.84 Å². The molecule has 1 atom stereocenters. The first-order chi connectivity index (χ1) is 9.44. The van der Waals surface area contributed by atoms with E-state index in [1.807, 2.05) is 24.3 Å². The van der Waals surface area contributed by atoms with Gasteiger partial charge in [0.1, 0.15) is 5.75 Å². The Hall–Kier alpha value is -1.22. The number of methoxy groups -OCH3 is 1.